The maximum atomic E-state index is 11.7. The van der Waals surface area contributed by atoms with E-state index in [2.05, 4.69) is 12.2 Å². The lowest BCUT2D eigenvalue weighted by Crippen LogP contribution is -2.45. The van der Waals surface area contributed by atoms with Gasteiger partial charge < -0.3 is 10.2 Å². The third-order valence-electron chi connectivity index (χ3n) is 3.11. The Bertz CT molecular complexity index is 253. The zero-order chi connectivity index (χ0) is 11.4. The number of ketones is 1. The van der Waals surface area contributed by atoms with E-state index >= 15 is 0 Å². The van der Waals surface area contributed by atoms with Gasteiger partial charge in [-0.3, -0.25) is 9.59 Å². The maximum absolute atomic E-state index is 11.7. The molecule has 0 aromatic carbocycles. The number of carbonyl (C=O) groups is 2. The van der Waals surface area contributed by atoms with Gasteiger partial charge in [0.05, 0.1) is 12.6 Å². The molecule has 0 aromatic rings. The average Bonchev–Trinajstić information content (AvgIpc) is 2.61. The molecular formula is C11H20N2O2. The molecule has 4 heteroatoms. The van der Waals surface area contributed by atoms with Crippen molar-refractivity contribution in [3.05, 3.63) is 0 Å². The fraction of sp³-hybridized carbons (Fsp3) is 0.818. The van der Waals surface area contributed by atoms with Crippen LogP contribution < -0.4 is 5.32 Å². The molecule has 15 heavy (non-hydrogen) atoms. The Kier molecular flexibility index (Phi) is 4.27. The van der Waals surface area contributed by atoms with Gasteiger partial charge >= 0.3 is 0 Å². The van der Waals surface area contributed by atoms with E-state index in [1.54, 1.807) is 18.9 Å². The lowest BCUT2D eigenvalue weighted by Gasteiger charge is -2.25. The van der Waals surface area contributed by atoms with Crippen LogP contribution in [0, 0.1) is 5.92 Å². The number of rotatable bonds is 4. The van der Waals surface area contributed by atoms with Gasteiger partial charge in [-0.15, -0.1) is 0 Å². The van der Waals surface area contributed by atoms with E-state index < -0.39 is 0 Å². The van der Waals surface area contributed by atoms with Crippen LogP contribution >= 0.6 is 0 Å². The summed E-state index contributed by atoms with van der Waals surface area (Å²) in [6.07, 6.45) is 1.92. The highest BCUT2D eigenvalue weighted by Gasteiger charge is 2.38. The van der Waals surface area contributed by atoms with Gasteiger partial charge in [-0.25, -0.2) is 0 Å². The minimum atomic E-state index is -0.184. The Morgan fingerprint density at radius 3 is 2.60 bits per heavy atom. The molecule has 0 aliphatic carbocycles. The van der Waals surface area contributed by atoms with Crippen molar-refractivity contribution < 1.29 is 9.59 Å². The van der Waals surface area contributed by atoms with E-state index in [1.807, 2.05) is 0 Å². The number of carbonyl (C=O) groups excluding carboxylic acids is 2. The molecule has 4 nitrogen and oxygen atoms in total. The molecule has 1 amide bonds. The van der Waals surface area contributed by atoms with Crippen LogP contribution in [0.5, 0.6) is 0 Å². The first kappa shape index (κ1) is 12.2. The molecule has 1 fully saturated rings. The minimum Gasteiger partial charge on any atom is -0.331 e. The van der Waals surface area contributed by atoms with Crippen LogP contribution in [0.15, 0.2) is 0 Å². The van der Waals surface area contributed by atoms with Crippen LogP contribution in [0.2, 0.25) is 0 Å². The Hall–Kier alpha value is -0.900. The highest BCUT2D eigenvalue weighted by molar-refractivity contribution is 5.89. The van der Waals surface area contributed by atoms with Crippen LogP contribution in [0.4, 0.5) is 0 Å². The third-order valence-corrected chi connectivity index (χ3v) is 3.11. The van der Waals surface area contributed by atoms with Crippen molar-refractivity contribution >= 4 is 11.7 Å². The second-order valence-electron chi connectivity index (χ2n) is 4.13. The van der Waals surface area contributed by atoms with Crippen LogP contribution in [0.3, 0.4) is 0 Å². The molecule has 0 radical (unpaired) electrons. The first-order valence-corrected chi connectivity index (χ1v) is 5.56. The van der Waals surface area contributed by atoms with Gasteiger partial charge in [0.25, 0.3) is 0 Å². The zero-order valence-corrected chi connectivity index (χ0v) is 9.75. The predicted octanol–water partition coefficient (Wildman–Crippen LogP) is 0.422. The monoisotopic (exact) mass is 212 g/mol. The van der Waals surface area contributed by atoms with Crippen molar-refractivity contribution in [3.63, 3.8) is 0 Å². The van der Waals surface area contributed by atoms with Crippen LogP contribution in [0.1, 0.15) is 26.7 Å². The second kappa shape index (κ2) is 5.26. The number of likely N-dealkylation sites (tertiary alicyclic amines) is 1. The van der Waals surface area contributed by atoms with E-state index in [4.69, 9.17) is 0 Å². The summed E-state index contributed by atoms with van der Waals surface area (Å²) >= 11 is 0. The summed E-state index contributed by atoms with van der Waals surface area (Å²) < 4.78 is 0. The van der Waals surface area contributed by atoms with E-state index in [1.165, 1.54) is 0 Å². The molecule has 2 atom stereocenters. The molecule has 1 rings (SSSR count). The van der Waals surface area contributed by atoms with Crippen molar-refractivity contribution in [3.8, 4) is 0 Å². The van der Waals surface area contributed by atoms with Crippen molar-refractivity contribution in [2.24, 2.45) is 5.92 Å². The Labute approximate surface area is 91.0 Å². The van der Waals surface area contributed by atoms with Gasteiger partial charge in [-0.2, -0.15) is 0 Å². The number of amides is 1. The SMILES string of the molecule is CC[C@@H]1CCN(C(=O)CNC)[C@@H]1C(C)=O. The minimum absolute atomic E-state index is 0.0358. The van der Waals surface area contributed by atoms with E-state index in [-0.39, 0.29) is 17.7 Å². The van der Waals surface area contributed by atoms with E-state index in [9.17, 15) is 9.59 Å². The molecule has 0 aromatic heterocycles. The molecule has 1 saturated heterocycles. The Morgan fingerprint density at radius 2 is 2.13 bits per heavy atom. The number of likely N-dealkylation sites (N-methyl/N-ethyl adjacent to an activating group) is 1. The third kappa shape index (κ3) is 2.56. The van der Waals surface area contributed by atoms with Gasteiger partial charge in [0.2, 0.25) is 5.91 Å². The molecule has 86 valence electrons. The van der Waals surface area contributed by atoms with Crippen molar-refractivity contribution in [1.29, 1.82) is 0 Å². The molecule has 1 N–H and O–H groups in total. The highest BCUT2D eigenvalue weighted by atomic mass is 16.2. The van der Waals surface area contributed by atoms with E-state index in [0.717, 1.165) is 19.4 Å². The maximum Gasteiger partial charge on any atom is 0.237 e. The number of nitrogens with zero attached hydrogens (tertiary/aromatic N) is 1. The smallest absolute Gasteiger partial charge is 0.237 e. The number of Topliss-reactive ketones (excluding diaryl/α,β-unsaturated/α-hetero) is 1. The standard InChI is InChI=1S/C11H20N2O2/c1-4-9-5-6-13(10(15)7-12-3)11(9)8(2)14/h9,11-12H,4-7H2,1-3H3/t9-,11-/m1/s1. The quantitative estimate of drug-likeness (QED) is 0.735. The van der Waals surface area contributed by atoms with Gasteiger partial charge in [-0.1, -0.05) is 13.3 Å². The summed E-state index contributed by atoms with van der Waals surface area (Å²) in [5, 5.41) is 2.83. The normalized spacial score (nSPS) is 25.7. The molecule has 0 unspecified atom stereocenters. The molecule has 0 spiro atoms. The summed E-state index contributed by atoms with van der Waals surface area (Å²) in [6.45, 7) is 4.70. The van der Waals surface area contributed by atoms with Gasteiger partial charge in [0.1, 0.15) is 0 Å². The number of hydrogen-bond donors (Lipinski definition) is 1. The number of nitrogens with one attached hydrogen (secondary N) is 1. The topological polar surface area (TPSA) is 49.4 Å². The molecule has 0 saturated carbocycles. The van der Waals surface area contributed by atoms with Gasteiger partial charge in [0.15, 0.2) is 5.78 Å². The van der Waals surface area contributed by atoms with Gasteiger partial charge in [-0.05, 0) is 26.3 Å². The molecule has 0 bridgehead atoms. The summed E-state index contributed by atoms with van der Waals surface area (Å²) in [5.41, 5.74) is 0. The molecule has 1 aliphatic heterocycles. The lowest BCUT2D eigenvalue weighted by molar-refractivity contribution is -0.137. The summed E-state index contributed by atoms with van der Waals surface area (Å²) in [6, 6.07) is -0.184. The fourth-order valence-electron chi connectivity index (χ4n) is 2.37. The highest BCUT2D eigenvalue weighted by Crippen LogP contribution is 2.27. The Morgan fingerprint density at radius 1 is 1.47 bits per heavy atom. The van der Waals surface area contributed by atoms with Crippen molar-refractivity contribution in [2.75, 3.05) is 20.1 Å². The zero-order valence-electron chi connectivity index (χ0n) is 9.75. The van der Waals surface area contributed by atoms with Crippen molar-refractivity contribution in [2.45, 2.75) is 32.7 Å². The summed E-state index contributed by atoms with van der Waals surface area (Å²) in [5.74, 6) is 0.501. The Balaban J connectivity index is 2.72. The van der Waals surface area contributed by atoms with E-state index in [0.29, 0.717) is 12.5 Å². The molecule has 1 aliphatic rings. The van der Waals surface area contributed by atoms with Crippen LogP contribution in [-0.2, 0) is 9.59 Å². The first-order valence-electron chi connectivity index (χ1n) is 5.56. The van der Waals surface area contributed by atoms with Crippen LogP contribution in [-0.4, -0.2) is 42.8 Å². The van der Waals surface area contributed by atoms with Gasteiger partial charge in [0, 0.05) is 6.54 Å². The summed E-state index contributed by atoms with van der Waals surface area (Å²) in [7, 11) is 1.74. The van der Waals surface area contributed by atoms with Crippen LogP contribution in [0.25, 0.3) is 0 Å². The predicted molar refractivity (Wildman–Crippen MR) is 58.5 cm³/mol. The average molecular weight is 212 g/mol. The number of hydrogen-bond acceptors (Lipinski definition) is 3. The fourth-order valence-corrected chi connectivity index (χ4v) is 2.37. The lowest BCUT2D eigenvalue weighted by atomic mass is 9.95. The molecular weight excluding hydrogens is 192 g/mol. The van der Waals surface area contributed by atoms with Crippen molar-refractivity contribution in [1.82, 2.24) is 10.2 Å². The first-order chi connectivity index (χ1) is 7.11. The summed E-state index contributed by atoms with van der Waals surface area (Å²) in [4.78, 5) is 25.0. The second-order valence-corrected chi connectivity index (χ2v) is 4.13. The molecule has 1 heterocycles. The largest absolute Gasteiger partial charge is 0.331 e.